The van der Waals surface area contributed by atoms with E-state index in [4.69, 9.17) is 0 Å². The van der Waals surface area contributed by atoms with E-state index in [-0.39, 0.29) is 0 Å². The first kappa shape index (κ1) is 13.3. The van der Waals surface area contributed by atoms with Gasteiger partial charge in [-0.15, -0.1) is 11.3 Å². The highest BCUT2D eigenvalue weighted by Crippen LogP contribution is 2.38. The minimum absolute atomic E-state index is 0.576. The standard InChI is InChI=1S/C13H12Br2OS/c1-7-3-4-9(8(2)5-7)12(16)10-6-11(14)17-13(10)15/h3-6,12,16H,1-2H3. The van der Waals surface area contributed by atoms with Crippen LogP contribution in [0.5, 0.6) is 0 Å². The monoisotopic (exact) mass is 374 g/mol. The molecule has 4 heteroatoms. The van der Waals surface area contributed by atoms with Gasteiger partial charge in [-0.3, -0.25) is 0 Å². The topological polar surface area (TPSA) is 20.2 Å². The van der Waals surface area contributed by atoms with Crippen LogP contribution in [0.25, 0.3) is 0 Å². The van der Waals surface area contributed by atoms with Crippen LogP contribution >= 0.6 is 43.2 Å². The Bertz CT molecular complexity index is 548. The molecule has 0 aliphatic carbocycles. The van der Waals surface area contributed by atoms with E-state index in [0.717, 1.165) is 24.3 Å². The summed E-state index contributed by atoms with van der Waals surface area (Å²) in [5.41, 5.74) is 4.20. The van der Waals surface area contributed by atoms with Crippen LogP contribution in [0.1, 0.15) is 28.4 Å². The van der Waals surface area contributed by atoms with E-state index in [1.807, 2.05) is 25.1 Å². The number of rotatable bonds is 2. The number of hydrogen-bond donors (Lipinski definition) is 1. The highest BCUT2D eigenvalue weighted by atomic mass is 79.9. The summed E-state index contributed by atoms with van der Waals surface area (Å²) in [5.74, 6) is 0. The molecule has 0 aliphatic rings. The molecule has 90 valence electrons. The molecular formula is C13H12Br2OS. The molecule has 2 aromatic rings. The van der Waals surface area contributed by atoms with E-state index in [1.165, 1.54) is 5.56 Å². The average molecular weight is 376 g/mol. The Kier molecular flexibility index (Phi) is 4.08. The van der Waals surface area contributed by atoms with Crippen LogP contribution in [-0.4, -0.2) is 5.11 Å². The zero-order valence-electron chi connectivity index (χ0n) is 9.50. The Hall–Kier alpha value is -0.160. The lowest BCUT2D eigenvalue weighted by atomic mass is 9.98. The normalized spacial score (nSPS) is 12.8. The van der Waals surface area contributed by atoms with Gasteiger partial charge in [0.2, 0.25) is 0 Å². The first-order valence-corrected chi connectivity index (χ1v) is 7.59. The van der Waals surface area contributed by atoms with E-state index < -0.39 is 6.10 Å². The van der Waals surface area contributed by atoms with Gasteiger partial charge in [0, 0.05) is 5.56 Å². The van der Waals surface area contributed by atoms with Gasteiger partial charge in [-0.05, 0) is 62.9 Å². The molecule has 0 fully saturated rings. The number of aliphatic hydroxyl groups excluding tert-OH is 1. The van der Waals surface area contributed by atoms with E-state index in [1.54, 1.807) is 11.3 Å². The molecule has 0 amide bonds. The predicted molar refractivity (Wildman–Crippen MR) is 79.7 cm³/mol. The number of thiophene rings is 1. The van der Waals surface area contributed by atoms with Gasteiger partial charge in [-0.2, -0.15) is 0 Å². The maximum absolute atomic E-state index is 10.4. The van der Waals surface area contributed by atoms with E-state index in [2.05, 4.69) is 44.8 Å². The lowest BCUT2D eigenvalue weighted by Gasteiger charge is -2.13. The molecule has 1 heterocycles. The van der Waals surface area contributed by atoms with Crippen molar-refractivity contribution in [2.75, 3.05) is 0 Å². The second-order valence-corrected chi connectivity index (χ2v) is 7.79. The molecule has 0 spiro atoms. The fourth-order valence-electron chi connectivity index (χ4n) is 1.84. The van der Waals surface area contributed by atoms with Crippen LogP contribution < -0.4 is 0 Å². The molecule has 0 saturated carbocycles. The molecule has 1 unspecified atom stereocenters. The van der Waals surface area contributed by atoms with Gasteiger partial charge in [0.05, 0.1) is 7.57 Å². The number of hydrogen-bond acceptors (Lipinski definition) is 2. The van der Waals surface area contributed by atoms with Crippen molar-refractivity contribution in [1.29, 1.82) is 0 Å². The van der Waals surface area contributed by atoms with Crippen LogP contribution in [0.3, 0.4) is 0 Å². The van der Waals surface area contributed by atoms with Crippen molar-refractivity contribution >= 4 is 43.2 Å². The molecule has 17 heavy (non-hydrogen) atoms. The number of benzene rings is 1. The lowest BCUT2D eigenvalue weighted by molar-refractivity contribution is 0.219. The maximum atomic E-state index is 10.4. The van der Waals surface area contributed by atoms with Crippen LogP contribution in [0.2, 0.25) is 0 Å². The van der Waals surface area contributed by atoms with E-state index in [9.17, 15) is 5.11 Å². The van der Waals surface area contributed by atoms with Crippen molar-refractivity contribution in [1.82, 2.24) is 0 Å². The van der Waals surface area contributed by atoms with Crippen LogP contribution in [0, 0.1) is 13.8 Å². The van der Waals surface area contributed by atoms with Gasteiger partial charge < -0.3 is 5.11 Å². The summed E-state index contributed by atoms with van der Waals surface area (Å²) in [6.07, 6.45) is -0.576. The van der Waals surface area contributed by atoms with Gasteiger partial charge in [-0.25, -0.2) is 0 Å². The molecule has 0 saturated heterocycles. The van der Waals surface area contributed by atoms with Gasteiger partial charge in [0.1, 0.15) is 6.10 Å². The summed E-state index contributed by atoms with van der Waals surface area (Å²) in [6.45, 7) is 4.08. The van der Waals surface area contributed by atoms with E-state index >= 15 is 0 Å². The highest BCUT2D eigenvalue weighted by Gasteiger charge is 2.18. The maximum Gasteiger partial charge on any atom is 0.106 e. The fourth-order valence-corrected chi connectivity index (χ4v) is 4.72. The fraction of sp³-hybridized carbons (Fsp3) is 0.231. The van der Waals surface area contributed by atoms with Crippen molar-refractivity contribution in [3.8, 4) is 0 Å². The highest BCUT2D eigenvalue weighted by molar-refractivity contribution is 9.12. The molecule has 1 N–H and O–H groups in total. The quantitative estimate of drug-likeness (QED) is 0.785. The van der Waals surface area contributed by atoms with Gasteiger partial charge in [-0.1, -0.05) is 23.8 Å². The second-order valence-electron chi connectivity index (χ2n) is 4.04. The minimum atomic E-state index is -0.576. The predicted octanol–water partition coefficient (Wildman–Crippen LogP) is 4.97. The van der Waals surface area contributed by atoms with Crippen molar-refractivity contribution in [3.63, 3.8) is 0 Å². The summed E-state index contributed by atoms with van der Waals surface area (Å²) >= 11 is 8.49. The summed E-state index contributed by atoms with van der Waals surface area (Å²) < 4.78 is 1.99. The zero-order valence-corrected chi connectivity index (χ0v) is 13.5. The average Bonchev–Trinajstić information content (AvgIpc) is 2.57. The smallest absolute Gasteiger partial charge is 0.106 e. The van der Waals surface area contributed by atoms with Crippen molar-refractivity contribution in [2.45, 2.75) is 20.0 Å². The molecule has 2 rings (SSSR count). The summed E-state index contributed by atoms with van der Waals surface area (Å²) in [7, 11) is 0. The Morgan fingerprint density at radius 2 is 1.82 bits per heavy atom. The zero-order chi connectivity index (χ0) is 12.6. The molecule has 0 bridgehead atoms. The van der Waals surface area contributed by atoms with Crippen molar-refractivity contribution in [2.24, 2.45) is 0 Å². The summed E-state index contributed by atoms with van der Waals surface area (Å²) in [4.78, 5) is 0. The van der Waals surface area contributed by atoms with Gasteiger partial charge in [0.15, 0.2) is 0 Å². The van der Waals surface area contributed by atoms with Crippen molar-refractivity contribution < 1.29 is 5.11 Å². The van der Waals surface area contributed by atoms with Crippen LogP contribution in [0.4, 0.5) is 0 Å². The molecule has 1 aromatic carbocycles. The Morgan fingerprint density at radius 1 is 1.12 bits per heavy atom. The Morgan fingerprint density at radius 3 is 2.35 bits per heavy atom. The molecule has 0 aliphatic heterocycles. The lowest BCUT2D eigenvalue weighted by Crippen LogP contribution is -2.01. The largest absolute Gasteiger partial charge is 0.384 e. The second kappa shape index (κ2) is 5.22. The van der Waals surface area contributed by atoms with Crippen LogP contribution in [0.15, 0.2) is 31.8 Å². The Balaban J connectivity index is 2.43. The molecular weight excluding hydrogens is 364 g/mol. The van der Waals surface area contributed by atoms with Gasteiger partial charge >= 0.3 is 0 Å². The number of aryl methyl sites for hydroxylation is 2. The number of aliphatic hydroxyl groups is 1. The first-order chi connectivity index (χ1) is 7.99. The Labute approximate surface area is 122 Å². The minimum Gasteiger partial charge on any atom is -0.384 e. The number of halogens is 2. The first-order valence-electron chi connectivity index (χ1n) is 5.19. The van der Waals surface area contributed by atoms with Gasteiger partial charge in [0.25, 0.3) is 0 Å². The molecule has 1 nitrogen and oxygen atoms in total. The molecule has 0 radical (unpaired) electrons. The van der Waals surface area contributed by atoms with Crippen molar-refractivity contribution in [3.05, 3.63) is 54.1 Å². The van der Waals surface area contributed by atoms with Crippen LogP contribution in [-0.2, 0) is 0 Å². The third-order valence-corrected chi connectivity index (χ3v) is 5.08. The third kappa shape index (κ3) is 2.81. The summed E-state index contributed by atoms with van der Waals surface area (Å²) in [6, 6.07) is 8.07. The molecule has 1 atom stereocenters. The SMILES string of the molecule is Cc1ccc(C(O)c2cc(Br)sc2Br)c(C)c1. The molecule has 1 aromatic heterocycles. The van der Waals surface area contributed by atoms with E-state index in [0.29, 0.717) is 0 Å². The summed E-state index contributed by atoms with van der Waals surface area (Å²) in [5, 5.41) is 10.4. The third-order valence-electron chi connectivity index (χ3n) is 2.70.